The number of methoxy groups -OCH3 is 1. The molecule has 0 radical (unpaired) electrons. The summed E-state index contributed by atoms with van der Waals surface area (Å²) in [5.41, 5.74) is -0.401. The lowest BCUT2D eigenvalue weighted by molar-refractivity contribution is -0.161. The molecule has 0 aromatic carbocycles. The van der Waals surface area contributed by atoms with Crippen molar-refractivity contribution in [2.45, 2.75) is 65.1 Å². The number of aliphatic hydroxyl groups excluding tert-OH is 1. The van der Waals surface area contributed by atoms with Crippen LogP contribution in [0.15, 0.2) is 0 Å². The number of hydrogen-bond donors (Lipinski definition) is 1. The second-order valence-electron chi connectivity index (χ2n) is 6.22. The van der Waals surface area contributed by atoms with Crippen molar-refractivity contribution in [1.82, 2.24) is 0 Å². The van der Waals surface area contributed by atoms with E-state index in [-0.39, 0.29) is 17.1 Å². The largest absolute Gasteiger partial charge is 0.390 e. The Kier molecular flexibility index (Phi) is 3.83. The molecule has 0 aliphatic heterocycles. The van der Waals surface area contributed by atoms with Crippen molar-refractivity contribution in [3.05, 3.63) is 0 Å². The van der Waals surface area contributed by atoms with Crippen molar-refractivity contribution in [3.63, 3.8) is 0 Å². The van der Waals surface area contributed by atoms with Crippen molar-refractivity contribution in [3.8, 4) is 0 Å². The standard InChI is InChI=1S/C13H26O2/c1-10-6-8-13(15-5,9-7-10)11(14)12(2,3)4/h10-11,14H,6-9H2,1-5H3. The van der Waals surface area contributed by atoms with Gasteiger partial charge >= 0.3 is 0 Å². The molecule has 1 aliphatic rings. The van der Waals surface area contributed by atoms with Gasteiger partial charge in [-0.3, -0.25) is 0 Å². The summed E-state index contributed by atoms with van der Waals surface area (Å²) < 4.78 is 5.67. The van der Waals surface area contributed by atoms with Gasteiger partial charge in [0.05, 0.1) is 11.7 Å². The maximum atomic E-state index is 10.4. The highest BCUT2D eigenvalue weighted by atomic mass is 16.5. The van der Waals surface area contributed by atoms with Crippen LogP contribution in [0.1, 0.15) is 53.4 Å². The second kappa shape index (κ2) is 4.42. The molecule has 1 saturated carbocycles. The van der Waals surface area contributed by atoms with E-state index in [4.69, 9.17) is 4.74 Å². The van der Waals surface area contributed by atoms with E-state index >= 15 is 0 Å². The smallest absolute Gasteiger partial charge is 0.0941 e. The molecule has 0 saturated heterocycles. The Labute approximate surface area is 94.0 Å². The summed E-state index contributed by atoms with van der Waals surface area (Å²) in [5, 5.41) is 10.4. The maximum absolute atomic E-state index is 10.4. The molecule has 15 heavy (non-hydrogen) atoms. The van der Waals surface area contributed by atoms with Crippen LogP contribution in [0, 0.1) is 11.3 Å². The van der Waals surface area contributed by atoms with Gasteiger partial charge in [0.15, 0.2) is 0 Å². The normalized spacial score (nSPS) is 35.2. The summed E-state index contributed by atoms with van der Waals surface area (Å²) in [6, 6.07) is 0. The minimum absolute atomic E-state index is 0.101. The fraction of sp³-hybridized carbons (Fsp3) is 1.00. The summed E-state index contributed by atoms with van der Waals surface area (Å²) in [7, 11) is 1.74. The van der Waals surface area contributed by atoms with Crippen LogP contribution in [0.2, 0.25) is 0 Å². The summed E-state index contributed by atoms with van der Waals surface area (Å²) in [5.74, 6) is 0.778. The number of rotatable bonds is 2. The lowest BCUT2D eigenvalue weighted by Gasteiger charge is -2.46. The Balaban J connectivity index is 2.77. The Hall–Kier alpha value is -0.0800. The molecule has 1 rings (SSSR count). The maximum Gasteiger partial charge on any atom is 0.0941 e. The van der Waals surface area contributed by atoms with Crippen LogP contribution in [0.3, 0.4) is 0 Å². The van der Waals surface area contributed by atoms with Crippen LogP contribution in [0.25, 0.3) is 0 Å². The fourth-order valence-corrected chi connectivity index (χ4v) is 2.63. The van der Waals surface area contributed by atoms with Gasteiger partial charge in [0.1, 0.15) is 0 Å². The van der Waals surface area contributed by atoms with Crippen molar-refractivity contribution < 1.29 is 9.84 Å². The molecule has 2 heteroatoms. The van der Waals surface area contributed by atoms with Crippen molar-refractivity contribution >= 4 is 0 Å². The molecular weight excluding hydrogens is 188 g/mol. The van der Waals surface area contributed by atoms with E-state index in [9.17, 15) is 5.11 Å². The molecule has 1 unspecified atom stereocenters. The molecule has 0 bridgehead atoms. The monoisotopic (exact) mass is 214 g/mol. The molecule has 0 amide bonds. The van der Waals surface area contributed by atoms with E-state index in [1.54, 1.807) is 7.11 Å². The Bertz CT molecular complexity index is 197. The molecule has 1 aliphatic carbocycles. The zero-order chi connectivity index (χ0) is 11.7. The summed E-state index contributed by atoms with van der Waals surface area (Å²) >= 11 is 0. The Morgan fingerprint density at radius 1 is 1.27 bits per heavy atom. The third-order valence-electron chi connectivity index (χ3n) is 3.85. The minimum atomic E-state index is -0.373. The first-order valence-corrected chi connectivity index (χ1v) is 6.05. The van der Waals surface area contributed by atoms with Crippen molar-refractivity contribution in [2.24, 2.45) is 11.3 Å². The highest BCUT2D eigenvalue weighted by Crippen LogP contribution is 2.42. The van der Waals surface area contributed by atoms with Gasteiger partial charge in [-0.05, 0) is 37.0 Å². The lowest BCUT2D eigenvalue weighted by Crippen LogP contribution is -2.52. The van der Waals surface area contributed by atoms with Gasteiger partial charge in [0.2, 0.25) is 0 Å². The van der Waals surface area contributed by atoms with Gasteiger partial charge in [-0.1, -0.05) is 27.7 Å². The average molecular weight is 214 g/mol. The van der Waals surface area contributed by atoms with Crippen LogP contribution in [-0.4, -0.2) is 23.9 Å². The molecule has 1 fully saturated rings. The predicted molar refractivity (Wildman–Crippen MR) is 62.8 cm³/mol. The second-order valence-corrected chi connectivity index (χ2v) is 6.22. The first-order valence-electron chi connectivity index (χ1n) is 6.05. The van der Waals surface area contributed by atoms with Crippen LogP contribution in [-0.2, 0) is 4.74 Å². The number of hydrogen-bond acceptors (Lipinski definition) is 2. The van der Waals surface area contributed by atoms with E-state index in [1.807, 2.05) is 0 Å². The molecule has 0 spiro atoms. The summed E-state index contributed by atoms with van der Waals surface area (Å²) in [6.45, 7) is 8.52. The van der Waals surface area contributed by atoms with Crippen LogP contribution in [0.5, 0.6) is 0 Å². The third-order valence-corrected chi connectivity index (χ3v) is 3.85. The van der Waals surface area contributed by atoms with Gasteiger partial charge in [0.25, 0.3) is 0 Å². The molecule has 90 valence electrons. The van der Waals surface area contributed by atoms with Gasteiger partial charge in [-0.25, -0.2) is 0 Å². The molecular formula is C13H26O2. The van der Waals surface area contributed by atoms with Gasteiger partial charge < -0.3 is 9.84 Å². The van der Waals surface area contributed by atoms with Crippen molar-refractivity contribution in [1.29, 1.82) is 0 Å². The first-order chi connectivity index (χ1) is 6.82. The average Bonchev–Trinajstić information content (AvgIpc) is 2.17. The SMILES string of the molecule is COC1(C(O)C(C)(C)C)CCC(C)CC1. The number of ether oxygens (including phenoxy) is 1. The zero-order valence-electron chi connectivity index (χ0n) is 10.8. The quantitative estimate of drug-likeness (QED) is 0.765. The first kappa shape index (κ1) is 13.0. The molecule has 1 atom stereocenters. The lowest BCUT2D eigenvalue weighted by atomic mass is 9.69. The summed E-state index contributed by atoms with van der Waals surface area (Å²) in [4.78, 5) is 0. The van der Waals surface area contributed by atoms with Gasteiger partial charge in [0, 0.05) is 7.11 Å². The van der Waals surface area contributed by atoms with Crippen LogP contribution < -0.4 is 0 Å². The van der Waals surface area contributed by atoms with Crippen molar-refractivity contribution in [2.75, 3.05) is 7.11 Å². The van der Waals surface area contributed by atoms with E-state index in [0.717, 1.165) is 18.8 Å². The topological polar surface area (TPSA) is 29.5 Å². The van der Waals surface area contributed by atoms with Crippen LogP contribution in [0.4, 0.5) is 0 Å². The van der Waals surface area contributed by atoms with E-state index < -0.39 is 0 Å². The molecule has 0 aromatic heterocycles. The van der Waals surface area contributed by atoms with Gasteiger partial charge in [-0.2, -0.15) is 0 Å². The van der Waals surface area contributed by atoms with Gasteiger partial charge in [-0.15, -0.1) is 0 Å². The minimum Gasteiger partial charge on any atom is -0.390 e. The molecule has 0 aromatic rings. The van der Waals surface area contributed by atoms with Crippen LogP contribution >= 0.6 is 0 Å². The number of aliphatic hydroxyl groups is 1. The molecule has 2 nitrogen and oxygen atoms in total. The van der Waals surface area contributed by atoms with E-state index in [0.29, 0.717) is 0 Å². The van der Waals surface area contributed by atoms with E-state index in [2.05, 4.69) is 27.7 Å². The fourth-order valence-electron chi connectivity index (χ4n) is 2.63. The Morgan fingerprint density at radius 2 is 1.73 bits per heavy atom. The Morgan fingerprint density at radius 3 is 2.07 bits per heavy atom. The molecule has 0 heterocycles. The highest BCUT2D eigenvalue weighted by molar-refractivity contribution is 4.97. The molecule has 1 N–H and O–H groups in total. The highest BCUT2D eigenvalue weighted by Gasteiger charge is 2.45. The van der Waals surface area contributed by atoms with E-state index in [1.165, 1.54) is 12.8 Å². The predicted octanol–water partition coefficient (Wildman–Crippen LogP) is 2.99. The zero-order valence-corrected chi connectivity index (χ0v) is 10.8. The third kappa shape index (κ3) is 2.73. The summed E-state index contributed by atoms with van der Waals surface area (Å²) in [6.07, 6.45) is 3.94.